The van der Waals surface area contributed by atoms with Gasteiger partial charge in [-0.2, -0.15) is 0 Å². The van der Waals surface area contributed by atoms with Crippen LogP contribution in [0.3, 0.4) is 0 Å². The highest BCUT2D eigenvalue weighted by atomic mass is 16.8. The zero-order valence-electron chi connectivity index (χ0n) is 46.4. The van der Waals surface area contributed by atoms with E-state index in [1.165, 1.54) is 7.11 Å². The summed E-state index contributed by atoms with van der Waals surface area (Å²) in [6.07, 6.45) is -5.07. The first-order valence-electron chi connectivity index (χ1n) is 28.3. The van der Waals surface area contributed by atoms with Crippen molar-refractivity contribution in [1.82, 2.24) is 0 Å². The van der Waals surface area contributed by atoms with E-state index in [-0.39, 0.29) is 72.2 Å². The second kappa shape index (κ2) is 22.7. The Balaban J connectivity index is 0.691. The first-order valence-corrected chi connectivity index (χ1v) is 28.3. The third-order valence-electron chi connectivity index (χ3n) is 20.0. The molecule has 10 aliphatic rings. The van der Waals surface area contributed by atoms with Crippen LogP contribution in [0.15, 0.2) is 0 Å². The largest absolute Gasteiger partial charge is 0.390 e. The molecule has 3 saturated carbocycles. The Labute approximate surface area is 443 Å². The molecule has 0 aromatic rings. The van der Waals surface area contributed by atoms with Gasteiger partial charge in [-0.3, -0.25) is 4.79 Å². The van der Waals surface area contributed by atoms with E-state index in [9.17, 15) is 20.1 Å². The highest BCUT2D eigenvalue weighted by Gasteiger charge is 2.71. The molecule has 2 bridgehead atoms. The smallest absolute Gasteiger partial charge is 0.187 e. The monoisotopic (exact) mass is 1070 g/mol. The molecule has 0 amide bonds. The predicted molar refractivity (Wildman–Crippen MR) is 262 cm³/mol. The van der Waals surface area contributed by atoms with Gasteiger partial charge in [-0.25, -0.2) is 0 Å². The Kier molecular flexibility index (Phi) is 17.3. The molecule has 75 heavy (non-hydrogen) atoms. The Morgan fingerprint density at radius 3 is 1.56 bits per heavy atom. The summed E-state index contributed by atoms with van der Waals surface area (Å²) in [6.45, 7) is 16.0. The molecule has 3 N–H and O–H groups in total. The lowest BCUT2D eigenvalue weighted by Crippen LogP contribution is -2.59. The minimum absolute atomic E-state index is 0.0179. The van der Waals surface area contributed by atoms with Crippen molar-refractivity contribution in [3.8, 4) is 0 Å². The number of aliphatic hydroxyl groups excluding tert-OH is 3. The van der Waals surface area contributed by atoms with Gasteiger partial charge in [0.05, 0.1) is 84.8 Å². The Hall–Kier alpha value is -1.09. The van der Waals surface area contributed by atoms with Crippen molar-refractivity contribution in [2.75, 3.05) is 28.4 Å². The first kappa shape index (κ1) is 57.2. The first-order chi connectivity index (χ1) is 35.7. The lowest BCUT2D eigenvalue weighted by atomic mass is 9.52. The molecule has 10 rings (SSSR count). The quantitative estimate of drug-likeness (QED) is 0.204. The molecule has 3 aliphatic carbocycles. The fraction of sp³-hybridized carbons (Fsp3) is 0.982. The fourth-order valence-corrected chi connectivity index (χ4v) is 15.8. The van der Waals surface area contributed by atoms with Gasteiger partial charge in [0.15, 0.2) is 43.0 Å². The summed E-state index contributed by atoms with van der Waals surface area (Å²) in [5.74, 6) is -0.290. The maximum Gasteiger partial charge on any atom is 0.187 e. The van der Waals surface area contributed by atoms with Crippen LogP contribution in [-0.4, -0.2) is 203 Å². The van der Waals surface area contributed by atoms with Gasteiger partial charge in [0.25, 0.3) is 0 Å². The van der Waals surface area contributed by atoms with Crippen LogP contribution in [0.1, 0.15) is 132 Å². The number of Topliss-reactive ketones (excluding diaryl/α,β-unsaturated/α-hetero) is 1. The Bertz CT molecular complexity index is 1920. The number of fused-ring (bicyclic) bond motifs is 5. The summed E-state index contributed by atoms with van der Waals surface area (Å²) in [5.41, 5.74) is -0.787. The molecule has 0 unspecified atom stereocenters. The molecule has 10 fully saturated rings. The van der Waals surface area contributed by atoms with E-state index in [0.717, 1.165) is 38.5 Å². The number of carbonyl (C=O) groups is 1. The maximum atomic E-state index is 13.5. The lowest BCUT2D eigenvalue weighted by molar-refractivity contribution is -0.354. The van der Waals surface area contributed by atoms with Gasteiger partial charge in [-0.15, -0.1) is 0 Å². The molecule has 20 heteroatoms. The summed E-state index contributed by atoms with van der Waals surface area (Å²) < 4.78 is 102. The van der Waals surface area contributed by atoms with Gasteiger partial charge >= 0.3 is 0 Å². The van der Waals surface area contributed by atoms with Crippen molar-refractivity contribution in [3.63, 3.8) is 0 Å². The van der Waals surface area contributed by atoms with Gasteiger partial charge in [-0.05, 0) is 98.3 Å². The van der Waals surface area contributed by atoms with Gasteiger partial charge in [0.2, 0.25) is 0 Å². The SMILES string of the molecule is CO[C@@H]1[C@H](O[C@H]2[C@@H](O)C[C@H](O[C@@H]3[C@@H](C)O[C@@H](O[C@@H]4[C@@H](C)O[C@@H](O[C@H]5[C@@H](OC)C[C@H](O[C@H]6CC[C@@]7(C)[C@@H](CC[C@@]89O[C@@H](C)[C@@H]%10C[C@H](O)C(=O)[C@]%10(C)[C@@H](C[C@@H]87)O9)C6)O[C@@H]5C)C[C@H]4OC)C[C@H]3OC)O[C@@H]2C)O[C@H](C)C[C@H]1O. The summed E-state index contributed by atoms with van der Waals surface area (Å²) in [6, 6.07) is 0. The van der Waals surface area contributed by atoms with Gasteiger partial charge in [0, 0.05) is 78.8 Å². The minimum Gasteiger partial charge on any atom is -0.390 e. The molecule has 7 saturated heterocycles. The van der Waals surface area contributed by atoms with E-state index in [4.69, 9.17) is 75.8 Å². The van der Waals surface area contributed by atoms with Crippen LogP contribution in [0.4, 0.5) is 0 Å². The number of aliphatic hydroxyl groups is 3. The highest BCUT2D eigenvalue weighted by Crippen LogP contribution is 2.67. The van der Waals surface area contributed by atoms with Crippen molar-refractivity contribution >= 4 is 5.78 Å². The van der Waals surface area contributed by atoms with Crippen molar-refractivity contribution in [2.24, 2.45) is 28.6 Å². The zero-order valence-corrected chi connectivity index (χ0v) is 46.4. The minimum atomic E-state index is -0.955. The average Bonchev–Trinajstić information content (AvgIpc) is 3.89. The number of hydrogen-bond acceptors (Lipinski definition) is 20. The molecule has 0 aromatic heterocycles. The number of ketones is 1. The van der Waals surface area contributed by atoms with Crippen molar-refractivity contribution in [2.45, 2.75) is 286 Å². The van der Waals surface area contributed by atoms with Crippen molar-refractivity contribution in [3.05, 3.63) is 0 Å². The van der Waals surface area contributed by atoms with E-state index in [2.05, 4.69) is 13.8 Å². The Morgan fingerprint density at radius 1 is 0.507 bits per heavy atom. The second-order valence-electron chi connectivity index (χ2n) is 24.4. The van der Waals surface area contributed by atoms with E-state index in [1.807, 2.05) is 34.6 Å². The van der Waals surface area contributed by atoms with Crippen LogP contribution in [0.25, 0.3) is 0 Å². The van der Waals surface area contributed by atoms with Gasteiger partial charge in [0.1, 0.15) is 36.6 Å². The van der Waals surface area contributed by atoms with Crippen molar-refractivity contribution in [1.29, 1.82) is 0 Å². The standard InChI is InChI=1S/C55H90O20/c1-25-17-34(56)50(63-12)52(64-25)73-46-27(3)65-42(20-35(46)57)70-47-29(5)67-44(22-38(47)61-10)72-49-30(6)68-45(23-39(49)62-11)71-48-28(4)66-43(21-37(48)60-9)69-32-14-15-53(7)31(18-32)13-16-55-40(53)24-41(75-55)54(8)33(26(2)74-55)19-36(58)51(54)59/h25-50,52,56-58H,13-24H2,1-12H3/t25-,26+,27-,28-,29-,30-,31+,32+,33+,34-,35+,36+,37+,38-,39-,40-,41-,42+,43+,44+,45+,46-,47-,48-,49-,50+,52+,53+,54+,55+/m1/s1. The number of carbonyl (C=O) groups excluding carboxylic acids is 1. The van der Waals surface area contributed by atoms with Crippen LogP contribution in [-0.2, 0) is 80.6 Å². The summed E-state index contributed by atoms with van der Waals surface area (Å²) in [7, 11) is 6.48. The molecule has 20 nitrogen and oxygen atoms in total. The van der Waals surface area contributed by atoms with E-state index in [1.54, 1.807) is 28.3 Å². The predicted octanol–water partition coefficient (Wildman–Crippen LogP) is 4.45. The number of methoxy groups -OCH3 is 4. The maximum absolute atomic E-state index is 13.5. The van der Waals surface area contributed by atoms with Crippen LogP contribution in [0, 0.1) is 28.6 Å². The Morgan fingerprint density at radius 2 is 1.03 bits per heavy atom. The summed E-state index contributed by atoms with van der Waals surface area (Å²) >= 11 is 0. The van der Waals surface area contributed by atoms with E-state index < -0.39 is 116 Å². The van der Waals surface area contributed by atoms with E-state index in [0.29, 0.717) is 38.0 Å². The van der Waals surface area contributed by atoms with Crippen molar-refractivity contribution < 1.29 is 95.9 Å². The van der Waals surface area contributed by atoms with Crippen LogP contribution < -0.4 is 0 Å². The third kappa shape index (κ3) is 10.7. The third-order valence-corrected chi connectivity index (χ3v) is 20.0. The molecule has 7 heterocycles. The zero-order chi connectivity index (χ0) is 53.5. The molecular weight excluding hydrogens is 981 g/mol. The van der Waals surface area contributed by atoms with Gasteiger partial charge < -0.3 is 91.1 Å². The molecular formula is C55H90O20. The summed E-state index contributed by atoms with van der Waals surface area (Å²) in [5, 5.41) is 32.5. The van der Waals surface area contributed by atoms with Crippen LogP contribution >= 0.6 is 0 Å². The van der Waals surface area contributed by atoms with E-state index >= 15 is 0 Å². The van der Waals surface area contributed by atoms with Gasteiger partial charge in [-0.1, -0.05) is 6.92 Å². The molecule has 7 aliphatic heterocycles. The second-order valence-corrected chi connectivity index (χ2v) is 24.4. The topological polar surface area (TPSA) is 225 Å². The molecule has 0 aromatic carbocycles. The number of rotatable bonds is 14. The highest BCUT2D eigenvalue weighted by molar-refractivity contribution is 5.91. The molecule has 0 radical (unpaired) electrons. The number of ether oxygens (including phenoxy) is 16. The normalized spacial score (nSPS) is 55.2. The molecule has 430 valence electrons. The molecule has 30 atom stereocenters. The fourth-order valence-electron chi connectivity index (χ4n) is 15.8. The molecule has 1 spiro atoms. The average molecular weight is 1070 g/mol. The summed E-state index contributed by atoms with van der Waals surface area (Å²) in [4.78, 5) is 13.5. The van der Waals surface area contributed by atoms with Crippen LogP contribution in [0.5, 0.6) is 0 Å². The number of hydrogen-bond donors (Lipinski definition) is 3. The lowest BCUT2D eigenvalue weighted by Gasteiger charge is -2.57. The van der Waals surface area contributed by atoms with Crippen LogP contribution in [0.2, 0.25) is 0 Å².